The van der Waals surface area contributed by atoms with Crippen LogP contribution in [0.4, 0.5) is 5.13 Å². The van der Waals surface area contributed by atoms with Crippen molar-refractivity contribution in [2.75, 3.05) is 63.8 Å². The van der Waals surface area contributed by atoms with E-state index in [2.05, 4.69) is 31.4 Å². The van der Waals surface area contributed by atoms with E-state index in [4.69, 9.17) is 0 Å². The van der Waals surface area contributed by atoms with Gasteiger partial charge in [0.05, 0.1) is 0 Å². The van der Waals surface area contributed by atoms with Crippen LogP contribution in [0.3, 0.4) is 0 Å². The van der Waals surface area contributed by atoms with Crippen molar-refractivity contribution in [1.82, 2.24) is 24.5 Å². The summed E-state index contributed by atoms with van der Waals surface area (Å²) >= 11 is 1.51. The number of hydrogen-bond acceptors (Lipinski definition) is 7. The predicted molar refractivity (Wildman–Crippen MR) is 96.6 cm³/mol. The monoisotopic (exact) mass is 352 g/mol. The summed E-state index contributed by atoms with van der Waals surface area (Å²) in [6, 6.07) is 0. The van der Waals surface area contributed by atoms with Crippen LogP contribution in [-0.2, 0) is 11.2 Å². The lowest BCUT2D eigenvalue weighted by Crippen LogP contribution is -2.47. The molecule has 0 aromatic carbocycles. The average molecular weight is 353 g/mol. The van der Waals surface area contributed by atoms with Gasteiger partial charge in [0.25, 0.3) is 0 Å². The highest BCUT2D eigenvalue weighted by Crippen LogP contribution is 2.19. The van der Waals surface area contributed by atoms with Gasteiger partial charge in [-0.25, -0.2) is 4.98 Å². The molecule has 0 aliphatic carbocycles. The Labute approximate surface area is 148 Å². The van der Waals surface area contributed by atoms with Gasteiger partial charge in [0, 0.05) is 76.7 Å². The second-order valence-electron chi connectivity index (χ2n) is 6.41. The summed E-state index contributed by atoms with van der Waals surface area (Å²) in [5.74, 6) is 1.24. The summed E-state index contributed by atoms with van der Waals surface area (Å²) in [4.78, 5) is 23.7. The van der Waals surface area contributed by atoms with Crippen LogP contribution >= 0.6 is 11.5 Å². The number of aromatic nitrogens is 2. The fraction of sp³-hybridized carbons (Fsp3) is 0.812. The number of rotatable bonds is 5. The summed E-state index contributed by atoms with van der Waals surface area (Å²) in [5, 5.41) is 4.34. The molecule has 0 unspecified atom stereocenters. The van der Waals surface area contributed by atoms with Gasteiger partial charge in [0.15, 0.2) is 0 Å². The minimum atomic E-state index is 0.300. The first kappa shape index (κ1) is 17.6. The average Bonchev–Trinajstić information content (AvgIpc) is 2.99. The van der Waals surface area contributed by atoms with Gasteiger partial charge in [0.1, 0.15) is 5.82 Å². The molecule has 1 aromatic rings. The van der Waals surface area contributed by atoms with Gasteiger partial charge in [-0.1, -0.05) is 6.92 Å². The SMILES string of the molecule is CCc1nsc(N2CCCN(CCC(=O)N3CCNCC3)CC2)n1. The summed E-state index contributed by atoms with van der Waals surface area (Å²) in [6.45, 7) is 10.6. The van der Waals surface area contributed by atoms with Crippen LogP contribution in [0.1, 0.15) is 25.6 Å². The third-order valence-corrected chi connectivity index (χ3v) is 5.56. The van der Waals surface area contributed by atoms with Crippen LogP contribution in [0.25, 0.3) is 0 Å². The normalized spacial score (nSPS) is 20.2. The molecular formula is C16H28N6OS. The highest BCUT2D eigenvalue weighted by atomic mass is 32.1. The maximum absolute atomic E-state index is 12.3. The second kappa shape index (κ2) is 8.73. The molecule has 2 fully saturated rings. The molecule has 8 heteroatoms. The Morgan fingerprint density at radius 2 is 2.00 bits per heavy atom. The van der Waals surface area contributed by atoms with Crippen LogP contribution in [0.2, 0.25) is 0 Å². The van der Waals surface area contributed by atoms with Gasteiger partial charge < -0.3 is 20.0 Å². The minimum Gasteiger partial charge on any atom is -0.346 e. The molecular weight excluding hydrogens is 324 g/mol. The Morgan fingerprint density at radius 3 is 2.75 bits per heavy atom. The maximum Gasteiger partial charge on any atom is 0.223 e. The van der Waals surface area contributed by atoms with Crippen molar-refractivity contribution < 1.29 is 4.79 Å². The molecule has 2 saturated heterocycles. The van der Waals surface area contributed by atoms with Crippen molar-refractivity contribution in [2.45, 2.75) is 26.2 Å². The smallest absolute Gasteiger partial charge is 0.223 e. The van der Waals surface area contributed by atoms with E-state index >= 15 is 0 Å². The molecule has 3 heterocycles. The van der Waals surface area contributed by atoms with E-state index < -0.39 is 0 Å². The van der Waals surface area contributed by atoms with Crippen LogP contribution in [0, 0.1) is 0 Å². The molecule has 7 nitrogen and oxygen atoms in total. The molecule has 1 aromatic heterocycles. The first-order chi connectivity index (χ1) is 11.8. The fourth-order valence-corrected chi connectivity index (χ4v) is 4.03. The van der Waals surface area contributed by atoms with Gasteiger partial charge >= 0.3 is 0 Å². The molecule has 1 amide bonds. The topological polar surface area (TPSA) is 64.6 Å². The Bertz CT molecular complexity index is 530. The van der Waals surface area contributed by atoms with Crippen LogP contribution in [0.15, 0.2) is 0 Å². The number of carbonyl (C=O) groups is 1. The summed E-state index contributed by atoms with van der Waals surface area (Å²) in [6.07, 6.45) is 2.65. The van der Waals surface area contributed by atoms with Crippen LogP contribution in [0.5, 0.6) is 0 Å². The number of aryl methyl sites for hydroxylation is 1. The number of piperazine rings is 1. The highest BCUT2D eigenvalue weighted by molar-refractivity contribution is 7.09. The Hall–Kier alpha value is -1.25. The predicted octanol–water partition coefficient (Wildman–Crippen LogP) is 0.435. The largest absolute Gasteiger partial charge is 0.346 e. The number of hydrogen-bond donors (Lipinski definition) is 1. The molecule has 0 spiro atoms. The van der Waals surface area contributed by atoms with Gasteiger partial charge in [-0.2, -0.15) is 4.37 Å². The molecule has 24 heavy (non-hydrogen) atoms. The zero-order valence-electron chi connectivity index (χ0n) is 14.5. The third-order valence-electron chi connectivity index (χ3n) is 4.74. The lowest BCUT2D eigenvalue weighted by atomic mass is 10.3. The maximum atomic E-state index is 12.3. The molecule has 0 radical (unpaired) electrons. The second-order valence-corrected chi connectivity index (χ2v) is 7.14. The lowest BCUT2D eigenvalue weighted by molar-refractivity contribution is -0.132. The Balaban J connectivity index is 1.44. The Morgan fingerprint density at radius 1 is 1.17 bits per heavy atom. The minimum absolute atomic E-state index is 0.300. The van der Waals surface area contributed by atoms with E-state index in [0.717, 1.165) is 82.7 Å². The summed E-state index contributed by atoms with van der Waals surface area (Å²) in [7, 11) is 0. The zero-order chi connectivity index (χ0) is 16.8. The lowest BCUT2D eigenvalue weighted by Gasteiger charge is -2.28. The van der Waals surface area contributed by atoms with E-state index in [-0.39, 0.29) is 0 Å². The summed E-state index contributed by atoms with van der Waals surface area (Å²) in [5.41, 5.74) is 0. The van der Waals surface area contributed by atoms with Gasteiger partial charge in [-0.3, -0.25) is 4.79 Å². The van der Waals surface area contributed by atoms with E-state index in [9.17, 15) is 4.79 Å². The van der Waals surface area contributed by atoms with Crippen molar-refractivity contribution >= 4 is 22.6 Å². The first-order valence-electron chi connectivity index (χ1n) is 9.04. The van der Waals surface area contributed by atoms with Gasteiger partial charge in [0.2, 0.25) is 11.0 Å². The number of nitrogens with one attached hydrogen (secondary N) is 1. The Kier molecular flexibility index (Phi) is 6.39. The summed E-state index contributed by atoms with van der Waals surface area (Å²) < 4.78 is 4.39. The molecule has 2 aliphatic rings. The molecule has 0 bridgehead atoms. The van der Waals surface area contributed by atoms with Crippen LogP contribution < -0.4 is 10.2 Å². The van der Waals surface area contributed by atoms with Crippen molar-refractivity contribution in [2.24, 2.45) is 0 Å². The molecule has 134 valence electrons. The van der Waals surface area contributed by atoms with Crippen molar-refractivity contribution in [3.05, 3.63) is 5.82 Å². The standard InChI is InChI=1S/C16H28N6OS/c1-2-14-18-16(24-19-14)22-8-3-7-20(12-13-22)9-4-15(23)21-10-5-17-6-11-21/h17H,2-13H2,1H3. The number of anilines is 1. The first-order valence-corrected chi connectivity index (χ1v) is 9.82. The number of amides is 1. The van der Waals surface area contributed by atoms with E-state index in [1.807, 2.05) is 4.90 Å². The third kappa shape index (κ3) is 4.64. The van der Waals surface area contributed by atoms with Crippen LogP contribution in [-0.4, -0.2) is 84.0 Å². The fourth-order valence-electron chi connectivity index (χ4n) is 3.23. The molecule has 1 N–H and O–H groups in total. The highest BCUT2D eigenvalue weighted by Gasteiger charge is 2.20. The van der Waals surface area contributed by atoms with E-state index in [0.29, 0.717) is 12.3 Å². The van der Waals surface area contributed by atoms with Gasteiger partial charge in [-0.15, -0.1) is 0 Å². The van der Waals surface area contributed by atoms with E-state index in [1.165, 1.54) is 11.5 Å². The quantitative estimate of drug-likeness (QED) is 0.829. The molecule has 3 rings (SSSR count). The molecule has 2 aliphatic heterocycles. The molecule has 0 saturated carbocycles. The molecule has 0 atom stereocenters. The number of nitrogens with zero attached hydrogens (tertiary/aromatic N) is 5. The van der Waals surface area contributed by atoms with Crippen molar-refractivity contribution in [1.29, 1.82) is 0 Å². The van der Waals surface area contributed by atoms with Gasteiger partial charge in [-0.05, 0) is 13.0 Å². The number of carbonyl (C=O) groups excluding carboxylic acids is 1. The zero-order valence-corrected chi connectivity index (χ0v) is 15.4. The van der Waals surface area contributed by atoms with E-state index in [1.54, 1.807) is 0 Å². The van der Waals surface area contributed by atoms with Crippen molar-refractivity contribution in [3.63, 3.8) is 0 Å². The van der Waals surface area contributed by atoms with Crippen molar-refractivity contribution in [3.8, 4) is 0 Å².